The summed E-state index contributed by atoms with van der Waals surface area (Å²) < 4.78 is 11.4. The number of fused-ring (bicyclic) bond motifs is 1. The van der Waals surface area contributed by atoms with E-state index in [-0.39, 0.29) is 12.0 Å². The summed E-state index contributed by atoms with van der Waals surface area (Å²) in [5.74, 6) is 0.224. The Balaban J connectivity index is 1.78. The van der Waals surface area contributed by atoms with Crippen LogP contribution in [0, 0.1) is 0 Å². The van der Waals surface area contributed by atoms with Crippen LogP contribution in [-0.4, -0.2) is 30.0 Å². The van der Waals surface area contributed by atoms with Crippen molar-refractivity contribution in [3.05, 3.63) is 52.9 Å². The first-order chi connectivity index (χ1) is 11.1. The van der Waals surface area contributed by atoms with Gasteiger partial charge in [-0.05, 0) is 32.2 Å². The van der Waals surface area contributed by atoms with Gasteiger partial charge in [0.15, 0.2) is 0 Å². The lowest BCUT2D eigenvalue weighted by molar-refractivity contribution is 0.0596. The quantitative estimate of drug-likeness (QED) is 0.665. The Bertz CT molecular complexity index is 791. The molecule has 1 atom stereocenters. The number of aromatic nitrogens is 1. The number of carbonyl (C=O) groups is 1. The Hall–Kier alpha value is -2.18. The van der Waals surface area contributed by atoms with Crippen molar-refractivity contribution in [3.63, 3.8) is 0 Å². The average Bonchev–Trinajstić information content (AvgIpc) is 3.19. The summed E-state index contributed by atoms with van der Waals surface area (Å²) in [6.07, 6.45) is 1.51. The monoisotopic (exact) mass is 330 g/mol. The fourth-order valence-electron chi connectivity index (χ4n) is 2.38. The van der Waals surface area contributed by atoms with E-state index in [1.165, 1.54) is 18.1 Å². The van der Waals surface area contributed by atoms with E-state index in [2.05, 4.69) is 17.9 Å². The van der Waals surface area contributed by atoms with Gasteiger partial charge in [-0.1, -0.05) is 12.1 Å². The molecule has 0 saturated heterocycles. The molecule has 3 aromatic rings. The molecule has 5 nitrogen and oxygen atoms in total. The molecule has 120 valence electrons. The molecule has 3 rings (SSSR count). The smallest absolute Gasteiger partial charge is 0.341 e. The van der Waals surface area contributed by atoms with Crippen molar-refractivity contribution in [1.82, 2.24) is 9.88 Å². The lowest BCUT2D eigenvalue weighted by Crippen LogP contribution is -2.22. The van der Waals surface area contributed by atoms with Crippen LogP contribution in [-0.2, 0) is 11.3 Å². The van der Waals surface area contributed by atoms with E-state index in [1.807, 2.05) is 25.2 Å². The van der Waals surface area contributed by atoms with Crippen molar-refractivity contribution in [3.8, 4) is 0 Å². The molecular weight excluding hydrogens is 312 g/mol. The summed E-state index contributed by atoms with van der Waals surface area (Å²) in [6.45, 7) is 2.60. The summed E-state index contributed by atoms with van der Waals surface area (Å²) >= 11 is 1.69. The predicted molar refractivity (Wildman–Crippen MR) is 89.5 cm³/mol. The van der Waals surface area contributed by atoms with Crippen molar-refractivity contribution in [1.29, 1.82) is 0 Å². The standard InChI is InChI=1S/C17H18N2O3S/c1-11(16-18-13-6-4-5-7-15(13)23-16)19(2)10-14-12(8-9-22-14)17(20)21-3/h4-9,11H,10H2,1-3H3. The zero-order valence-electron chi connectivity index (χ0n) is 13.3. The normalized spacial score (nSPS) is 12.7. The fraction of sp³-hybridized carbons (Fsp3) is 0.294. The van der Waals surface area contributed by atoms with Crippen molar-refractivity contribution >= 4 is 27.5 Å². The van der Waals surface area contributed by atoms with E-state index in [4.69, 9.17) is 14.1 Å². The van der Waals surface area contributed by atoms with E-state index in [1.54, 1.807) is 17.4 Å². The van der Waals surface area contributed by atoms with Gasteiger partial charge in [0.2, 0.25) is 0 Å². The summed E-state index contributed by atoms with van der Waals surface area (Å²) in [4.78, 5) is 18.5. The van der Waals surface area contributed by atoms with Gasteiger partial charge in [0.05, 0.1) is 36.2 Å². The number of hydrogen-bond donors (Lipinski definition) is 0. The van der Waals surface area contributed by atoms with Gasteiger partial charge < -0.3 is 9.15 Å². The van der Waals surface area contributed by atoms with Crippen LogP contribution in [0.4, 0.5) is 0 Å². The number of furan rings is 1. The SMILES string of the molecule is COC(=O)c1ccoc1CN(C)C(C)c1nc2ccccc2s1. The lowest BCUT2D eigenvalue weighted by atomic mass is 10.2. The van der Waals surface area contributed by atoms with Gasteiger partial charge in [-0.2, -0.15) is 0 Å². The molecule has 0 bridgehead atoms. The van der Waals surface area contributed by atoms with E-state index < -0.39 is 0 Å². The Morgan fingerprint density at radius 1 is 1.39 bits per heavy atom. The first kappa shape index (κ1) is 15.7. The minimum Gasteiger partial charge on any atom is -0.467 e. The third-order valence-corrected chi connectivity index (χ3v) is 5.08. The molecular formula is C17H18N2O3S. The molecule has 0 aliphatic carbocycles. The number of rotatable bonds is 5. The second-order valence-electron chi connectivity index (χ2n) is 5.36. The minimum atomic E-state index is -0.380. The van der Waals surface area contributed by atoms with Gasteiger partial charge in [0.1, 0.15) is 16.3 Å². The summed E-state index contributed by atoms with van der Waals surface area (Å²) in [7, 11) is 3.35. The van der Waals surface area contributed by atoms with Crippen LogP contribution in [0.15, 0.2) is 41.0 Å². The van der Waals surface area contributed by atoms with E-state index in [0.717, 1.165) is 10.5 Å². The number of carbonyl (C=O) groups excluding carboxylic acids is 1. The first-order valence-electron chi connectivity index (χ1n) is 7.30. The predicted octanol–water partition coefficient (Wildman–Crippen LogP) is 3.87. The Morgan fingerprint density at radius 2 is 2.17 bits per heavy atom. The molecule has 0 saturated carbocycles. The molecule has 1 unspecified atom stereocenters. The van der Waals surface area contributed by atoms with Crippen molar-refractivity contribution < 1.29 is 13.9 Å². The van der Waals surface area contributed by atoms with Gasteiger partial charge in [-0.15, -0.1) is 11.3 Å². The molecule has 1 aromatic carbocycles. The van der Waals surface area contributed by atoms with Crippen LogP contribution < -0.4 is 0 Å². The van der Waals surface area contributed by atoms with Crippen molar-refractivity contribution in [2.45, 2.75) is 19.5 Å². The van der Waals surface area contributed by atoms with E-state index in [0.29, 0.717) is 17.9 Å². The number of methoxy groups -OCH3 is 1. The van der Waals surface area contributed by atoms with Crippen molar-refractivity contribution in [2.75, 3.05) is 14.2 Å². The van der Waals surface area contributed by atoms with Gasteiger partial charge in [0.25, 0.3) is 0 Å². The van der Waals surface area contributed by atoms with Crippen LogP contribution in [0.1, 0.15) is 34.1 Å². The number of nitrogens with zero attached hydrogens (tertiary/aromatic N) is 2. The summed E-state index contributed by atoms with van der Waals surface area (Å²) in [6, 6.07) is 9.85. The zero-order chi connectivity index (χ0) is 16.4. The number of thiazole rings is 1. The van der Waals surface area contributed by atoms with Crippen LogP contribution >= 0.6 is 11.3 Å². The zero-order valence-corrected chi connectivity index (χ0v) is 14.1. The molecule has 2 aromatic heterocycles. The molecule has 0 aliphatic rings. The van der Waals surface area contributed by atoms with Gasteiger partial charge in [-0.25, -0.2) is 9.78 Å². The summed E-state index contributed by atoms with van der Waals surface area (Å²) in [5.41, 5.74) is 1.48. The summed E-state index contributed by atoms with van der Waals surface area (Å²) in [5, 5.41) is 1.04. The van der Waals surface area contributed by atoms with Gasteiger partial charge >= 0.3 is 5.97 Å². The highest BCUT2D eigenvalue weighted by Gasteiger charge is 2.21. The van der Waals surface area contributed by atoms with Gasteiger partial charge in [-0.3, -0.25) is 4.90 Å². The maximum absolute atomic E-state index is 11.7. The first-order valence-corrected chi connectivity index (χ1v) is 8.12. The number of benzene rings is 1. The highest BCUT2D eigenvalue weighted by molar-refractivity contribution is 7.18. The molecule has 0 aliphatic heterocycles. The molecule has 0 N–H and O–H groups in total. The maximum atomic E-state index is 11.7. The molecule has 2 heterocycles. The molecule has 0 radical (unpaired) electrons. The number of para-hydroxylation sites is 1. The highest BCUT2D eigenvalue weighted by atomic mass is 32.1. The minimum absolute atomic E-state index is 0.114. The molecule has 0 amide bonds. The largest absolute Gasteiger partial charge is 0.467 e. The second-order valence-corrected chi connectivity index (χ2v) is 6.42. The number of hydrogen-bond acceptors (Lipinski definition) is 6. The number of ether oxygens (including phenoxy) is 1. The van der Waals surface area contributed by atoms with E-state index >= 15 is 0 Å². The average molecular weight is 330 g/mol. The number of esters is 1. The lowest BCUT2D eigenvalue weighted by Gasteiger charge is -2.22. The van der Waals surface area contributed by atoms with Crippen LogP contribution in [0.2, 0.25) is 0 Å². The molecule has 23 heavy (non-hydrogen) atoms. The Kier molecular flexibility index (Phi) is 4.45. The van der Waals surface area contributed by atoms with Gasteiger partial charge in [0, 0.05) is 0 Å². The Labute approximate surface area is 138 Å². The third-order valence-electron chi connectivity index (χ3n) is 3.87. The second kappa shape index (κ2) is 6.52. The van der Waals surface area contributed by atoms with Crippen molar-refractivity contribution in [2.24, 2.45) is 0 Å². The third kappa shape index (κ3) is 3.13. The fourth-order valence-corrected chi connectivity index (χ4v) is 3.46. The van der Waals surface area contributed by atoms with Crippen LogP contribution in [0.25, 0.3) is 10.2 Å². The van der Waals surface area contributed by atoms with Crippen LogP contribution in [0.5, 0.6) is 0 Å². The van der Waals surface area contributed by atoms with Crippen LogP contribution in [0.3, 0.4) is 0 Å². The van der Waals surface area contributed by atoms with E-state index in [9.17, 15) is 4.79 Å². The highest BCUT2D eigenvalue weighted by Crippen LogP contribution is 2.29. The maximum Gasteiger partial charge on any atom is 0.341 e. The topological polar surface area (TPSA) is 55.6 Å². The molecule has 0 spiro atoms. The molecule has 0 fully saturated rings. The molecule has 6 heteroatoms. The Morgan fingerprint density at radius 3 is 2.91 bits per heavy atom.